The van der Waals surface area contributed by atoms with Gasteiger partial charge in [0, 0.05) is 38.3 Å². The van der Waals surface area contributed by atoms with Crippen molar-refractivity contribution >= 4 is 5.82 Å². The zero-order valence-corrected chi connectivity index (χ0v) is 13.9. The van der Waals surface area contributed by atoms with Crippen LogP contribution in [-0.4, -0.2) is 40.6 Å². The molecule has 0 spiro atoms. The van der Waals surface area contributed by atoms with Crippen molar-refractivity contribution in [1.29, 1.82) is 0 Å². The first-order valence-electron chi connectivity index (χ1n) is 8.04. The number of aromatic nitrogens is 2. The summed E-state index contributed by atoms with van der Waals surface area (Å²) in [7, 11) is 2.05. The molecule has 1 aliphatic carbocycles. The van der Waals surface area contributed by atoms with Crippen LogP contribution in [0.3, 0.4) is 0 Å². The molecule has 1 N–H and O–H groups in total. The van der Waals surface area contributed by atoms with Gasteiger partial charge in [-0.1, -0.05) is 0 Å². The van der Waals surface area contributed by atoms with Crippen LogP contribution in [0.4, 0.5) is 5.82 Å². The summed E-state index contributed by atoms with van der Waals surface area (Å²) < 4.78 is 8.07. The molecule has 1 unspecified atom stereocenters. The Morgan fingerprint density at radius 1 is 1.38 bits per heavy atom. The highest BCUT2D eigenvalue weighted by Crippen LogP contribution is 2.30. The molecular weight excluding hydrogens is 264 g/mol. The van der Waals surface area contributed by atoms with Crippen LogP contribution >= 0.6 is 0 Å². The van der Waals surface area contributed by atoms with Crippen LogP contribution in [0.25, 0.3) is 0 Å². The number of hydrogen-bond acceptors (Lipinski definition) is 4. The van der Waals surface area contributed by atoms with Gasteiger partial charge in [-0.25, -0.2) is 0 Å². The van der Waals surface area contributed by atoms with Gasteiger partial charge in [0.1, 0.15) is 5.82 Å². The zero-order chi connectivity index (χ0) is 15.2. The van der Waals surface area contributed by atoms with Gasteiger partial charge < -0.3 is 15.0 Å². The Balaban J connectivity index is 1.85. The lowest BCUT2D eigenvalue weighted by atomic mass is 10.0. The van der Waals surface area contributed by atoms with Crippen LogP contribution in [0.2, 0.25) is 0 Å². The minimum Gasteiger partial charge on any atom is -0.369 e. The Labute approximate surface area is 127 Å². The molecule has 0 radical (unpaired) electrons. The van der Waals surface area contributed by atoms with Crippen LogP contribution in [-0.2, 0) is 18.3 Å². The number of hydrogen-bond donors (Lipinski definition) is 1. The Morgan fingerprint density at radius 2 is 2.10 bits per heavy atom. The number of nitrogens with zero attached hydrogens (tertiary/aromatic N) is 3. The summed E-state index contributed by atoms with van der Waals surface area (Å²) in [6.07, 6.45) is 2.88. The van der Waals surface area contributed by atoms with Crippen LogP contribution in [0, 0.1) is 6.92 Å². The Morgan fingerprint density at radius 3 is 2.71 bits per heavy atom. The number of ether oxygens (including phenoxy) is 1. The van der Waals surface area contributed by atoms with Gasteiger partial charge in [0.05, 0.1) is 17.4 Å². The maximum atomic E-state index is 6.03. The van der Waals surface area contributed by atoms with Gasteiger partial charge in [0.25, 0.3) is 0 Å². The van der Waals surface area contributed by atoms with E-state index in [1.165, 1.54) is 24.2 Å². The SMILES string of the molecule is Cc1nn(C)c(N2CC(C)OC(C)(C)C2)c1CNC1CC1. The predicted octanol–water partition coefficient (Wildman–Crippen LogP) is 1.98. The van der Waals surface area contributed by atoms with E-state index in [-0.39, 0.29) is 11.7 Å². The number of morpholine rings is 1. The summed E-state index contributed by atoms with van der Waals surface area (Å²) in [5, 5.41) is 8.28. The van der Waals surface area contributed by atoms with E-state index in [1.807, 2.05) is 4.68 Å². The molecule has 1 saturated carbocycles. The van der Waals surface area contributed by atoms with E-state index in [9.17, 15) is 0 Å². The van der Waals surface area contributed by atoms with Crippen molar-refractivity contribution in [3.63, 3.8) is 0 Å². The summed E-state index contributed by atoms with van der Waals surface area (Å²) >= 11 is 0. The van der Waals surface area contributed by atoms with Crippen LogP contribution < -0.4 is 10.2 Å². The molecule has 21 heavy (non-hydrogen) atoms. The largest absolute Gasteiger partial charge is 0.369 e. The van der Waals surface area contributed by atoms with Gasteiger partial charge in [0.15, 0.2) is 0 Å². The Kier molecular flexibility index (Phi) is 3.74. The van der Waals surface area contributed by atoms with Gasteiger partial charge in [-0.2, -0.15) is 5.10 Å². The fraction of sp³-hybridized carbons (Fsp3) is 0.812. The van der Waals surface area contributed by atoms with E-state index in [0.717, 1.165) is 31.4 Å². The molecule has 5 heteroatoms. The molecule has 3 rings (SSSR count). The van der Waals surface area contributed by atoms with Crippen molar-refractivity contribution < 1.29 is 4.74 Å². The van der Waals surface area contributed by atoms with E-state index in [1.54, 1.807) is 0 Å². The number of nitrogens with one attached hydrogen (secondary N) is 1. The highest BCUT2D eigenvalue weighted by atomic mass is 16.5. The monoisotopic (exact) mass is 292 g/mol. The summed E-state index contributed by atoms with van der Waals surface area (Å²) in [5.74, 6) is 1.25. The van der Waals surface area contributed by atoms with Gasteiger partial charge in [-0.05, 0) is 40.5 Å². The lowest BCUT2D eigenvalue weighted by Crippen LogP contribution is -2.52. The first-order chi connectivity index (χ1) is 9.85. The van der Waals surface area contributed by atoms with Crippen molar-refractivity contribution in [2.75, 3.05) is 18.0 Å². The molecule has 0 amide bonds. The quantitative estimate of drug-likeness (QED) is 0.921. The van der Waals surface area contributed by atoms with E-state index in [0.29, 0.717) is 0 Å². The molecule has 2 heterocycles. The van der Waals surface area contributed by atoms with E-state index < -0.39 is 0 Å². The highest BCUT2D eigenvalue weighted by Gasteiger charge is 2.34. The maximum Gasteiger partial charge on any atom is 0.131 e. The fourth-order valence-electron chi connectivity index (χ4n) is 3.44. The van der Waals surface area contributed by atoms with Crippen LogP contribution in [0.1, 0.15) is 44.9 Å². The van der Waals surface area contributed by atoms with E-state index >= 15 is 0 Å². The third kappa shape index (κ3) is 3.24. The van der Waals surface area contributed by atoms with Crippen LogP contribution in [0.15, 0.2) is 0 Å². The third-order valence-electron chi connectivity index (χ3n) is 4.33. The Hall–Kier alpha value is -1.07. The second-order valence-corrected chi connectivity index (χ2v) is 7.24. The normalized spacial score (nSPS) is 25.4. The third-order valence-corrected chi connectivity index (χ3v) is 4.33. The highest BCUT2D eigenvalue weighted by molar-refractivity contribution is 5.51. The van der Waals surface area contributed by atoms with E-state index in [4.69, 9.17) is 4.74 Å². The molecule has 2 aliphatic rings. The average Bonchev–Trinajstić information content (AvgIpc) is 3.10. The lowest BCUT2D eigenvalue weighted by molar-refractivity contribution is -0.0753. The Bertz CT molecular complexity index is 519. The molecule has 0 aromatic carbocycles. The minimum atomic E-state index is -0.114. The van der Waals surface area contributed by atoms with Crippen molar-refractivity contribution in [3.8, 4) is 0 Å². The molecule has 1 aliphatic heterocycles. The second-order valence-electron chi connectivity index (χ2n) is 7.24. The molecule has 1 aromatic rings. The molecule has 5 nitrogen and oxygen atoms in total. The zero-order valence-electron chi connectivity index (χ0n) is 13.9. The van der Waals surface area contributed by atoms with Gasteiger partial charge >= 0.3 is 0 Å². The fourth-order valence-corrected chi connectivity index (χ4v) is 3.44. The van der Waals surface area contributed by atoms with Crippen molar-refractivity contribution in [2.24, 2.45) is 7.05 Å². The molecule has 1 saturated heterocycles. The topological polar surface area (TPSA) is 42.3 Å². The molecule has 2 fully saturated rings. The van der Waals surface area contributed by atoms with E-state index in [2.05, 4.69) is 50.1 Å². The van der Waals surface area contributed by atoms with Crippen molar-refractivity contribution in [2.45, 2.75) is 64.8 Å². The first kappa shape index (κ1) is 14.9. The first-order valence-corrected chi connectivity index (χ1v) is 8.04. The van der Waals surface area contributed by atoms with Gasteiger partial charge in [0.2, 0.25) is 0 Å². The molecule has 0 bridgehead atoms. The van der Waals surface area contributed by atoms with Gasteiger partial charge in [-0.15, -0.1) is 0 Å². The molecular formula is C16H28N4O. The predicted molar refractivity (Wildman–Crippen MR) is 84.6 cm³/mol. The maximum absolute atomic E-state index is 6.03. The number of anilines is 1. The minimum absolute atomic E-state index is 0.114. The van der Waals surface area contributed by atoms with Crippen molar-refractivity contribution in [1.82, 2.24) is 15.1 Å². The lowest BCUT2D eigenvalue weighted by Gasteiger charge is -2.43. The summed E-state index contributed by atoms with van der Waals surface area (Å²) in [6.45, 7) is 11.4. The second kappa shape index (κ2) is 5.29. The summed E-state index contributed by atoms with van der Waals surface area (Å²) in [6, 6.07) is 0.720. The number of aryl methyl sites for hydroxylation is 2. The molecule has 1 atom stereocenters. The van der Waals surface area contributed by atoms with Gasteiger partial charge in [-0.3, -0.25) is 4.68 Å². The standard InChI is InChI=1S/C16H28N4O/c1-11-9-20(10-16(3,4)21-11)15-14(8-17-13-6-7-13)12(2)18-19(15)5/h11,13,17H,6-10H2,1-5H3. The smallest absolute Gasteiger partial charge is 0.131 e. The summed E-state index contributed by atoms with van der Waals surface area (Å²) in [4.78, 5) is 2.44. The average molecular weight is 292 g/mol. The van der Waals surface area contributed by atoms with Crippen molar-refractivity contribution in [3.05, 3.63) is 11.3 Å². The van der Waals surface area contributed by atoms with Crippen LogP contribution in [0.5, 0.6) is 0 Å². The molecule has 1 aromatic heterocycles. The summed E-state index contributed by atoms with van der Waals surface area (Å²) in [5.41, 5.74) is 2.36. The molecule has 118 valence electrons. The number of rotatable bonds is 4.